The summed E-state index contributed by atoms with van der Waals surface area (Å²) in [5.74, 6) is -0.615. The van der Waals surface area contributed by atoms with Crippen molar-refractivity contribution in [3.8, 4) is 0 Å². The van der Waals surface area contributed by atoms with Gasteiger partial charge in [-0.2, -0.15) is 0 Å². The molecule has 2 rings (SSSR count). The minimum Gasteiger partial charge on any atom is -0.459 e. The number of carbonyl (C=O) groups is 2. The lowest BCUT2D eigenvalue weighted by molar-refractivity contribution is -0.143. The number of esters is 2. The van der Waals surface area contributed by atoms with Crippen LogP contribution in [0.25, 0.3) is 0 Å². The molecule has 2 aliphatic carbocycles. The van der Waals surface area contributed by atoms with Gasteiger partial charge in [0.05, 0.1) is 12.0 Å². The third kappa shape index (κ3) is 3.36. The summed E-state index contributed by atoms with van der Waals surface area (Å²) in [6.45, 7) is 0. The molecule has 0 aliphatic heterocycles. The van der Waals surface area contributed by atoms with Gasteiger partial charge in [0.15, 0.2) is 0 Å². The Balaban J connectivity index is 1.65. The molecule has 0 bridgehead atoms. The standard InChI is InChI=1S/C12H16O4/c13-11(16-10-3-1-2-4-10)7-8-15-12(14)9-5-6-9/h7-10H,1-6H2/b8-7+. The van der Waals surface area contributed by atoms with Gasteiger partial charge in [0.1, 0.15) is 12.4 Å². The molecule has 2 saturated carbocycles. The summed E-state index contributed by atoms with van der Waals surface area (Å²) >= 11 is 0. The summed E-state index contributed by atoms with van der Waals surface area (Å²) in [5.41, 5.74) is 0. The first-order valence-corrected chi connectivity index (χ1v) is 5.83. The molecule has 2 aliphatic rings. The van der Waals surface area contributed by atoms with E-state index in [4.69, 9.17) is 9.47 Å². The molecule has 0 unspecified atom stereocenters. The summed E-state index contributed by atoms with van der Waals surface area (Å²) in [7, 11) is 0. The van der Waals surface area contributed by atoms with Gasteiger partial charge in [-0.05, 0) is 38.5 Å². The molecule has 2 fully saturated rings. The van der Waals surface area contributed by atoms with Crippen LogP contribution < -0.4 is 0 Å². The largest absolute Gasteiger partial charge is 0.459 e. The van der Waals surface area contributed by atoms with Gasteiger partial charge in [0.25, 0.3) is 0 Å². The van der Waals surface area contributed by atoms with Crippen LogP contribution in [0.1, 0.15) is 38.5 Å². The molecule has 0 aromatic carbocycles. The maximum Gasteiger partial charge on any atom is 0.334 e. The van der Waals surface area contributed by atoms with Crippen molar-refractivity contribution in [2.75, 3.05) is 0 Å². The van der Waals surface area contributed by atoms with Gasteiger partial charge in [0, 0.05) is 0 Å². The predicted octanol–water partition coefficient (Wildman–Crippen LogP) is 1.94. The molecule has 0 atom stereocenters. The van der Waals surface area contributed by atoms with Crippen LogP contribution in [0.2, 0.25) is 0 Å². The number of carbonyl (C=O) groups excluding carboxylic acids is 2. The zero-order chi connectivity index (χ0) is 11.4. The first-order chi connectivity index (χ1) is 7.75. The molecule has 16 heavy (non-hydrogen) atoms. The van der Waals surface area contributed by atoms with E-state index in [0.717, 1.165) is 44.8 Å². The first kappa shape index (κ1) is 11.2. The first-order valence-electron chi connectivity index (χ1n) is 5.83. The summed E-state index contributed by atoms with van der Waals surface area (Å²) in [6.07, 6.45) is 8.31. The van der Waals surface area contributed by atoms with E-state index in [1.54, 1.807) is 0 Å². The van der Waals surface area contributed by atoms with Crippen LogP contribution >= 0.6 is 0 Å². The van der Waals surface area contributed by atoms with E-state index in [1.807, 2.05) is 0 Å². The van der Waals surface area contributed by atoms with Gasteiger partial charge in [-0.15, -0.1) is 0 Å². The average molecular weight is 224 g/mol. The molecule has 0 aromatic rings. The molecule has 4 heteroatoms. The highest BCUT2D eigenvalue weighted by Gasteiger charge is 2.30. The van der Waals surface area contributed by atoms with Crippen molar-refractivity contribution in [1.82, 2.24) is 0 Å². The van der Waals surface area contributed by atoms with Crippen molar-refractivity contribution >= 4 is 11.9 Å². The summed E-state index contributed by atoms with van der Waals surface area (Å²) < 4.78 is 9.93. The zero-order valence-corrected chi connectivity index (χ0v) is 9.19. The van der Waals surface area contributed by atoms with Crippen LogP contribution in [0, 0.1) is 5.92 Å². The van der Waals surface area contributed by atoms with Crippen molar-refractivity contribution in [3.05, 3.63) is 12.3 Å². The Kier molecular flexibility index (Phi) is 3.59. The smallest absolute Gasteiger partial charge is 0.334 e. The number of hydrogen-bond donors (Lipinski definition) is 0. The molecular formula is C12H16O4. The van der Waals surface area contributed by atoms with Gasteiger partial charge in [0.2, 0.25) is 0 Å². The van der Waals surface area contributed by atoms with Crippen molar-refractivity contribution in [2.45, 2.75) is 44.6 Å². The van der Waals surface area contributed by atoms with Crippen molar-refractivity contribution in [1.29, 1.82) is 0 Å². The summed E-state index contributed by atoms with van der Waals surface area (Å²) in [4.78, 5) is 22.4. The predicted molar refractivity (Wildman–Crippen MR) is 56.3 cm³/mol. The molecular weight excluding hydrogens is 208 g/mol. The molecule has 0 amide bonds. The van der Waals surface area contributed by atoms with Gasteiger partial charge in [-0.25, -0.2) is 4.79 Å². The molecule has 0 spiro atoms. The number of hydrogen-bond acceptors (Lipinski definition) is 4. The normalized spacial score (nSPS) is 21.2. The van der Waals surface area contributed by atoms with E-state index < -0.39 is 5.97 Å². The van der Waals surface area contributed by atoms with E-state index in [9.17, 15) is 9.59 Å². The lowest BCUT2D eigenvalue weighted by Crippen LogP contribution is -2.12. The van der Waals surface area contributed by atoms with Gasteiger partial charge >= 0.3 is 11.9 Å². The van der Waals surface area contributed by atoms with E-state index in [1.165, 1.54) is 6.08 Å². The molecule has 0 aromatic heterocycles. The highest BCUT2D eigenvalue weighted by Crippen LogP contribution is 2.30. The van der Waals surface area contributed by atoms with Crippen molar-refractivity contribution in [3.63, 3.8) is 0 Å². The van der Waals surface area contributed by atoms with Crippen LogP contribution in [0.3, 0.4) is 0 Å². The minimum atomic E-state index is -0.421. The molecule has 0 saturated heterocycles. The molecule has 0 heterocycles. The fourth-order valence-electron chi connectivity index (χ4n) is 1.78. The Morgan fingerprint density at radius 2 is 1.75 bits per heavy atom. The molecule has 0 N–H and O–H groups in total. The quantitative estimate of drug-likeness (QED) is 0.416. The Labute approximate surface area is 94.6 Å². The third-order valence-electron chi connectivity index (χ3n) is 2.88. The second kappa shape index (κ2) is 5.14. The summed E-state index contributed by atoms with van der Waals surface area (Å²) in [6, 6.07) is 0. The Morgan fingerprint density at radius 1 is 1.06 bits per heavy atom. The number of rotatable bonds is 4. The lowest BCUT2D eigenvalue weighted by Gasteiger charge is -2.08. The topological polar surface area (TPSA) is 52.6 Å². The fourth-order valence-corrected chi connectivity index (χ4v) is 1.78. The molecule has 0 radical (unpaired) electrons. The lowest BCUT2D eigenvalue weighted by atomic mass is 10.3. The Morgan fingerprint density at radius 3 is 2.38 bits per heavy atom. The SMILES string of the molecule is O=C(/C=C/OC(=O)C1CC1)OC1CCCC1. The second-order valence-electron chi connectivity index (χ2n) is 4.36. The van der Waals surface area contributed by atoms with E-state index in [-0.39, 0.29) is 18.0 Å². The molecule has 4 nitrogen and oxygen atoms in total. The monoisotopic (exact) mass is 224 g/mol. The number of ether oxygens (including phenoxy) is 2. The minimum absolute atomic E-state index is 0.0514. The maximum atomic E-state index is 11.3. The van der Waals surface area contributed by atoms with Crippen LogP contribution in [0.4, 0.5) is 0 Å². The Hall–Kier alpha value is -1.32. The average Bonchev–Trinajstić information content (AvgIpc) is 2.99. The van der Waals surface area contributed by atoms with Gasteiger partial charge in [-0.3, -0.25) is 4.79 Å². The van der Waals surface area contributed by atoms with Gasteiger partial charge in [-0.1, -0.05) is 0 Å². The highest BCUT2D eigenvalue weighted by molar-refractivity contribution is 5.82. The van der Waals surface area contributed by atoms with Crippen molar-refractivity contribution in [2.24, 2.45) is 5.92 Å². The highest BCUT2D eigenvalue weighted by atomic mass is 16.5. The van der Waals surface area contributed by atoms with Crippen LogP contribution in [-0.2, 0) is 19.1 Å². The zero-order valence-electron chi connectivity index (χ0n) is 9.19. The van der Waals surface area contributed by atoms with Crippen molar-refractivity contribution < 1.29 is 19.1 Å². The third-order valence-corrected chi connectivity index (χ3v) is 2.88. The van der Waals surface area contributed by atoms with E-state index in [0.29, 0.717) is 0 Å². The van der Waals surface area contributed by atoms with Crippen LogP contribution in [0.15, 0.2) is 12.3 Å². The fraction of sp³-hybridized carbons (Fsp3) is 0.667. The van der Waals surface area contributed by atoms with E-state index in [2.05, 4.69) is 0 Å². The van der Waals surface area contributed by atoms with E-state index >= 15 is 0 Å². The maximum absolute atomic E-state index is 11.3. The summed E-state index contributed by atoms with van der Waals surface area (Å²) in [5, 5.41) is 0. The second-order valence-corrected chi connectivity index (χ2v) is 4.36. The molecule has 88 valence electrons. The van der Waals surface area contributed by atoms with Crippen LogP contribution in [-0.4, -0.2) is 18.0 Å². The van der Waals surface area contributed by atoms with Crippen LogP contribution in [0.5, 0.6) is 0 Å². The Bertz CT molecular complexity index is 298. The van der Waals surface area contributed by atoms with Gasteiger partial charge < -0.3 is 9.47 Å².